The maximum atomic E-state index is 10.0. The summed E-state index contributed by atoms with van der Waals surface area (Å²) >= 11 is 0. The molecule has 1 aliphatic rings. The Hall–Kier alpha value is -2.45. The van der Waals surface area contributed by atoms with Crippen molar-refractivity contribution in [1.82, 2.24) is 0 Å². The van der Waals surface area contributed by atoms with Gasteiger partial charge in [-0.2, -0.15) is 9.59 Å². The van der Waals surface area contributed by atoms with Gasteiger partial charge in [-0.15, -0.1) is 0 Å². The lowest BCUT2D eigenvalue weighted by atomic mass is 9.99. The summed E-state index contributed by atoms with van der Waals surface area (Å²) in [5.74, 6) is 0.392. The quantitative estimate of drug-likeness (QED) is 0.842. The molecule has 1 aromatic rings. The zero-order valence-electron chi connectivity index (χ0n) is 13.0. The van der Waals surface area contributed by atoms with Gasteiger partial charge in [0.2, 0.25) is 0 Å². The fraction of sp³-hybridized carbons (Fsp3) is 0.333. The van der Waals surface area contributed by atoms with Gasteiger partial charge in [-0.3, -0.25) is 4.99 Å². The van der Waals surface area contributed by atoms with Gasteiger partial charge in [-0.25, -0.2) is 0 Å². The molecule has 2 rings (SSSR count). The molecule has 0 fully saturated rings. The minimum Gasteiger partial charge on any atom is -0.507 e. The molecule has 0 saturated carbocycles. The highest BCUT2D eigenvalue weighted by atomic mass is 16.3. The summed E-state index contributed by atoms with van der Waals surface area (Å²) in [6.07, 6.45) is 8.15. The Morgan fingerprint density at radius 2 is 2.00 bits per heavy atom. The van der Waals surface area contributed by atoms with E-state index in [1.165, 1.54) is 5.56 Å². The number of para-hydroxylation sites is 1. The standard InChI is InChI=1S/C17H21NO.CO2/c1-3-7-14-9-4-5-11-16(14)18-12-15-10-6-8-13(2)17(15)19;2-1-3/h4-5,9-12,19H,3,6-8H2,1-2H3;. The Morgan fingerprint density at radius 1 is 1.32 bits per heavy atom. The van der Waals surface area contributed by atoms with E-state index in [0.29, 0.717) is 5.76 Å². The largest absolute Gasteiger partial charge is 0.507 e. The molecule has 0 unspecified atom stereocenters. The summed E-state index contributed by atoms with van der Waals surface area (Å²) in [6.45, 7) is 4.14. The molecule has 0 saturated heterocycles. The fourth-order valence-electron chi connectivity index (χ4n) is 2.28. The molecule has 1 aliphatic carbocycles. The number of aliphatic imine (C=N–C) groups is 1. The number of hydrogen-bond donors (Lipinski definition) is 1. The summed E-state index contributed by atoms with van der Waals surface area (Å²) in [6, 6.07) is 8.19. The lowest BCUT2D eigenvalue weighted by Gasteiger charge is -2.12. The van der Waals surface area contributed by atoms with Gasteiger partial charge in [0.05, 0.1) is 5.69 Å². The fourth-order valence-corrected chi connectivity index (χ4v) is 2.28. The van der Waals surface area contributed by atoms with Crippen molar-refractivity contribution in [2.45, 2.75) is 39.5 Å². The van der Waals surface area contributed by atoms with Crippen LogP contribution in [0.2, 0.25) is 0 Å². The average Bonchev–Trinajstić information content (AvgIpc) is 2.51. The lowest BCUT2D eigenvalue weighted by Crippen LogP contribution is -2.00. The second-order valence-electron chi connectivity index (χ2n) is 5.05. The SMILES string of the molecule is CCCc1ccccc1N=CC1=CCCC(C)=C1O.O=C=O. The highest BCUT2D eigenvalue weighted by Gasteiger charge is 2.10. The van der Waals surface area contributed by atoms with Crippen LogP contribution in [0.4, 0.5) is 5.69 Å². The Balaban J connectivity index is 0.000000745. The van der Waals surface area contributed by atoms with E-state index < -0.39 is 0 Å². The van der Waals surface area contributed by atoms with Crippen molar-refractivity contribution in [2.24, 2.45) is 4.99 Å². The molecule has 1 aromatic carbocycles. The Labute approximate surface area is 130 Å². The second kappa shape index (κ2) is 9.48. The molecule has 0 aromatic heterocycles. The zero-order valence-corrected chi connectivity index (χ0v) is 13.0. The third kappa shape index (κ3) is 5.15. The molecular formula is C18H21NO3. The molecule has 4 nitrogen and oxygen atoms in total. The Kier molecular flexibility index (Phi) is 7.58. The van der Waals surface area contributed by atoms with Crippen molar-refractivity contribution >= 4 is 18.1 Å². The van der Waals surface area contributed by atoms with Crippen LogP contribution in [0.1, 0.15) is 38.7 Å². The van der Waals surface area contributed by atoms with Crippen molar-refractivity contribution in [3.05, 3.63) is 52.8 Å². The molecule has 4 heteroatoms. The highest BCUT2D eigenvalue weighted by Crippen LogP contribution is 2.24. The van der Waals surface area contributed by atoms with Crippen LogP contribution in [0.15, 0.2) is 52.2 Å². The van der Waals surface area contributed by atoms with Crippen LogP contribution in [0, 0.1) is 0 Å². The van der Waals surface area contributed by atoms with Gasteiger partial charge in [0.1, 0.15) is 5.76 Å². The van der Waals surface area contributed by atoms with Crippen LogP contribution in [0.25, 0.3) is 0 Å². The molecule has 0 radical (unpaired) electrons. The average molecular weight is 299 g/mol. The van der Waals surface area contributed by atoms with E-state index in [2.05, 4.69) is 18.0 Å². The number of benzene rings is 1. The summed E-state index contributed by atoms with van der Waals surface area (Å²) in [5, 5.41) is 10.0. The molecule has 0 heterocycles. The van der Waals surface area contributed by atoms with E-state index in [0.717, 1.165) is 42.5 Å². The first kappa shape index (κ1) is 17.6. The number of nitrogens with zero attached hydrogens (tertiary/aromatic N) is 1. The third-order valence-electron chi connectivity index (χ3n) is 3.41. The van der Waals surface area contributed by atoms with Crippen LogP contribution < -0.4 is 0 Å². The van der Waals surface area contributed by atoms with Gasteiger partial charge in [-0.05, 0) is 43.4 Å². The molecule has 0 atom stereocenters. The number of carbonyl (C=O) groups excluding carboxylic acids is 2. The molecule has 0 amide bonds. The van der Waals surface area contributed by atoms with E-state index in [1.54, 1.807) is 6.21 Å². The van der Waals surface area contributed by atoms with Gasteiger partial charge in [0, 0.05) is 11.8 Å². The molecule has 1 N–H and O–H groups in total. The van der Waals surface area contributed by atoms with Gasteiger partial charge in [-0.1, -0.05) is 37.6 Å². The van der Waals surface area contributed by atoms with Crippen LogP contribution in [0.5, 0.6) is 0 Å². The van der Waals surface area contributed by atoms with Gasteiger partial charge in [0.25, 0.3) is 0 Å². The van der Waals surface area contributed by atoms with Gasteiger partial charge in [0.15, 0.2) is 0 Å². The first-order valence-corrected chi connectivity index (χ1v) is 7.34. The third-order valence-corrected chi connectivity index (χ3v) is 3.41. The predicted molar refractivity (Wildman–Crippen MR) is 86.2 cm³/mol. The van der Waals surface area contributed by atoms with E-state index in [-0.39, 0.29) is 6.15 Å². The monoisotopic (exact) mass is 299 g/mol. The Bertz CT molecular complexity index is 621. The number of hydrogen-bond acceptors (Lipinski definition) is 4. The van der Waals surface area contributed by atoms with Crippen LogP contribution in [0.3, 0.4) is 0 Å². The van der Waals surface area contributed by atoms with E-state index >= 15 is 0 Å². The minimum absolute atomic E-state index is 0.250. The van der Waals surface area contributed by atoms with Crippen molar-refractivity contribution in [3.8, 4) is 0 Å². The maximum absolute atomic E-state index is 10.0. The smallest absolute Gasteiger partial charge is 0.373 e. The van der Waals surface area contributed by atoms with Gasteiger partial charge < -0.3 is 5.11 Å². The van der Waals surface area contributed by atoms with Crippen LogP contribution >= 0.6 is 0 Å². The van der Waals surface area contributed by atoms with E-state index in [4.69, 9.17) is 9.59 Å². The summed E-state index contributed by atoms with van der Waals surface area (Å²) in [5.41, 5.74) is 4.15. The number of rotatable bonds is 4. The molecular weight excluding hydrogens is 278 g/mol. The van der Waals surface area contributed by atoms with E-state index in [1.807, 2.05) is 31.2 Å². The van der Waals surface area contributed by atoms with E-state index in [9.17, 15) is 5.11 Å². The van der Waals surface area contributed by atoms with Crippen LogP contribution in [-0.2, 0) is 16.0 Å². The lowest BCUT2D eigenvalue weighted by molar-refractivity contribution is -0.191. The van der Waals surface area contributed by atoms with Crippen molar-refractivity contribution < 1.29 is 14.7 Å². The molecule has 22 heavy (non-hydrogen) atoms. The number of aliphatic hydroxyl groups excluding tert-OH is 1. The van der Waals surface area contributed by atoms with Crippen molar-refractivity contribution in [1.29, 1.82) is 0 Å². The summed E-state index contributed by atoms with van der Waals surface area (Å²) in [4.78, 5) is 20.8. The van der Waals surface area contributed by atoms with Crippen LogP contribution in [-0.4, -0.2) is 17.5 Å². The maximum Gasteiger partial charge on any atom is 0.373 e. The molecule has 0 spiro atoms. The topological polar surface area (TPSA) is 66.7 Å². The minimum atomic E-state index is 0.250. The Morgan fingerprint density at radius 3 is 2.68 bits per heavy atom. The molecule has 0 aliphatic heterocycles. The first-order chi connectivity index (χ1) is 10.6. The molecule has 0 bridgehead atoms. The normalized spacial score (nSPS) is 14.2. The number of aryl methyl sites for hydroxylation is 1. The highest BCUT2D eigenvalue weighted by molar-refractivity contribution is 5.86. The number of allylic oxidation sites excluding steroid dienone is 3. The first-order valence-electron chi connectivity index (χ1n) is 7.34. The summed E-state index contributed by atoms with van der Waals surface area (Å²) in [7, 11) is 0. The van der Waals surface area contributed by atoms with Gasteiger partial charge >= 0.3 is 6.15 Å². The zero-order chi connectivity index (χ0) is 16.4. The number of aliphatic hydroxyl groups is 1. The second-order valence-corrected chi connectivity index (χ2v) is 5.05. The molecule has 116 valence electrons. The predicted octanol–water partition coefficient (Wildman–Crippen LogP) is 4.31. The van der Waals surface area contributed by atoms with Crippen molar-refractivity contribution in [3.63, 3.8) is 0 Å². The summed E-state index contributed by atoms with van der Waals surface area (Å²) < 4.78 is 0. The van der Waals surface area contributed by atoms with Crippen molar-refractivity contribution in [2.75, 3.05) is 0 Å².